The molecule has 0 spiro atoms. The van der Waals surface area contributed by atoms with Crippen molar-refractivity contribution in [2.45, 2.75) is 12.8 Å². The van der Waals surface area contributed by atoms with Crippen LogP contribution in [0.4, 0.5) is 14.9 Å². The van der Waals surface area contributed by atoms with Crippen molar-refractivity contribution in [1.29, 1.82) is 0 Å². The molecule has 0 radical (unpaired) electrons. The molecule has 1 aromatic heterocycles. The molecule has 3 rings (SSSR count). The van der Waals surface area contributed by atoms with Gasteiger partial charge in [-0.1, -0.05) is 0 Å². The van der Waals surface area contributed by atoms with E-state index in [1.807, 2.05) is 19.4 Å². The standard InChI is InChI=1S/C18H24FN5O/c1-23-12-14(11-22-23)6-8-20-18(25)21-10-15-7-9-24(13-15)17-4-2-16(19)3-5-17/h2-5,11-12,15H,6-10,13H2,1H3,(H2,20,21,25)/t15-/m0/s1. The highest BCUT2D eigenvalue weighted by Crippen LogP contribution is 2.23. The summed E-state index contributed by atoms with van der Waals surface area (Å²) in [6.45, 7) is 3.04. The first-order valence-electron chi connectivity index (χ1n) is 8.60. The molecule has 1 aromatic carbocycles. The lowest BCUT2D eigenvalue weighted by atomic mass is 10.1. The largest absolute Gasteiger partial charge is 0.371 e. The third-order valence-electron chi connectivity index (χ3n) is 4.49. The van der Waals surface area contributed by atoms with Crippen LogP contribution in [0.3, 0.4) is 0 Å². The zero-order valence-electron chi connectivity index (χ0n) is 14.4. The van der Waals surface area contributed by atoms with Crippen LogP contribution >= 0.6 is 0 Å². The second kappa shape index (κ2) is 8.00. The van der Waals surface area contributed by atoms with Crippen molar-refractivity contribution in [2.24, 2.45) is 13.0 Å². The van der Waals surface area contributed by atoms with E-state index in [0.29, 0.717) is 19.0 Å². The van der Waals surface area contributed by atoms with Gasteiger partial charge in [0.25, 0.3) is 0 Å². The summed E-state index contributed by atoms with van der Waals surface area (Å²) in [7, 11) is 1.88. The van der Waals surface area contributed by atoms with Crippen molar-refractivity contribution in [3.05, 3.63) is 48.0 Å². The summed E-state index contributed by atoms with van der Waals surface area (Å²) in [6.07, 6.45) is 5.54. The van der Waals surface area contributed by atoms with E-state index < -0.39 is 0 Å². The molecule has 1 saturated heterocycles. The SMILES string of the molecule is Cn1cc(CCNC(=O)NC[C@@H]2CCN(c3ccc(F)cc3)C2)cn1. The number of nitrogens with zero attached hydrogens (tertiary/aromatic N) is 3. The Morgan fingerprint density at radius 3 is 2.84 bits per heavy atom. The fourth-order valence-corrected chi connectivity index (χ4v) is 3.11. The van der Waals surface area contributed by atoms with E-state index in [-0.39, 0.29) is 11.8 Å². The summed E-state index contributed by atoms with van der Waals surface area (Å²) in [5.74, 6) is 0.193. The molecule has 7 heteroatoms. The van der Waals surface area contributed by atoms with E-state index in [2.05, 4.69) is 20.6 Å². The number of amides is 2. The lowest BCUT2D eigenvalue weighted by Crippen LogP contribution is -2.39. The van der Waals surface area contributed by atoms with Gasteiger partial charge in [-0.15, -0.1) is 0 Å². The summed E-state index contributed by atoms with van der Waals surface area (Å²) in [5.41, 5.74) is 2.14. The van der Waals surface area contributed by atoms with E-state index in [4.69, 9.17) is 0 Å². The van der Waals surface area contributed by atoms with E-state index in [0.717, 1.165) is 37.2 Å². The van der Waals surface area contributed by atoms with Gasteiger partial charge >= 0.3 is 6.03 Å². The highest BCUT2D eigenvalue weighted by molar-refractivity contribution is 5.73. The van der Waals surface area contributed by atoms with Crippen LogP contribution in [0.1, 0.15) is 12.0 Å². The Morgan fingerprint density at radius 2 is 2.12 bits per heavy atom. The van der Waals surface area contributed by atoms with Gasteiger partial charge in [0.1, 0.15) is 5.82 Å². The smallest absolute Gasteiger partial charge is 0.314 e. The van der Waals surface area contributed by atoms with Crippen LogP contribution in [0.25, 0.3) is 0 Å². The van der Waals surface area contributed by atoms with E-state index >= 15 is 0 Å². The van der Waals surface area contributed by atoms with Gasteiger partial charge in [0.05, 0.1) is 6.20 Å². The van der Waals surface area contributed by atoms with Gasteiger partial charge in [-0.25, -0.2) is 9.18 Å². The Bertz CT molecular complexity index is 700. The number of nitrogens with one attached hydrogen (secondary N) is 2. The van der Waals surface area contributed by atoms with Crippen LogP contribution in [0, 0.1) is 11.7 Å². The number of anilines is 1. The lowest BCUT2D eigenvalue weighted by Gasteiger charge is -2.19. The van der Waals surface area contributed by atoms with Crippen molar-refractivity contribution in [3.63, 3.8) is 0 Å². The number of halogens is 1. The molecule has 25 heavy (non-hydrogen) atoms. The number of hydrogen-bond donors (Lipinski definition) is 2. The second-order valence-electron chi connectivity index (χ2n) is 6.49. The van der Waals surface area contributed by atoms with E-state index in [1.54, 1.807) is 16.8 Å². The minimum absolute atomic E-state index is 0.135. The molecule has 2 N–H and O–H groups in total. The highest BCUT2D eigenvalue weighted by atomic mass is 19.1. The van der Waals surface area contributed by atoms with Crippen molar-refractivity contribution >= 4 is 11.7 Å². The van der Waals surface area contributed by atoms with Gasteiger partial charge in [-0.05, 0) is 48.6 Å². The molecule has 1 aliphatic rings. The maximum atomic E-state index is 13.0. The predicted octanol–water partition coefficient (Wildman–Crippen LogP) is 1.93. The number of carbonyl (C=O) groups is 1. The van der Waals surface area contributed by atoms with Gasteiger partial charge in [-0.2, -0.15) is 5.10 Å². The molecule has 1 atom stereocenters. The van der Waals surface area contributed by atoms with E-state index in [1.165, 1.54) is 12.1 Å². The fourth-order valence-electron chi connectivity index (χ4n) is 3.11. The molecular formula is C18H24FN5O. The van der Waals surface area contributed by atoms with Crippen LogP contribution in [-0.4, -0.2) is 42.0 Å². The van der Waals surface area contributed by atoms with Crippen LogP contribution in [0.2, 0.25) is 0 Å². The van der Waals surface area contributed by atoms with E-state index in [9.17, 15) is 9.18 Å². The summed E-state index contributed by atoms with van der Waals surface area (Å²) >= 11 is 0. The molecular weight excluding hydrogens is 321 g/mol. The number of aromatic nitrogens is 2. The molecule has 134 valence electrons. The molecule has 1 fully saturated rings. The first-order valence-corrected chi connectivity index (χ1v) is 8.60. The predicted molar refractivity (Wildman–Crippen MR) is 95.0 cm³/mol. The summed E-state index contributed by atoms with van der Waals surface area (Å²) < 4.78 is 14.7. The second-order valence-corrected chi connectivity index (χ2v) is 6.49. The number of hydrogen-bond acceptors (Lipinski definition) is 3. The zero-order chi connectivity index (χ0) is 17.6. The Balaban J connectivity index is 1.34. The average molecular weight is 345 g/mol. The quantitative estimate of drug-likeness (QED) is 0.841. The van der Waals surface area contributed by atoms with Crippen LogP contribution in [0.5, 0.6) is 0 Å². The molecule has 0 bridgehead atoms. The number of benzene rings is 1. The normalized spacial score (nSPS) is 16.9. The molecule has 2 amide bonds. The molecule has 0 saturated carbocycles. The fraction of sp³-hybridized carbons (Fsp3) is 0.444. The monoisotopic (exact) mass is 345 g/mol. The summed E-state index contributed by atoms with van der Waals surface area (Å²) in [5, 5.41) is 9.91. The molecule has 6 nitrogen and oxygen atoms in total. The van der Waals surface area contributed by atoms with Gasteiger partial charge < -0.3 is 15.5 Å². The van der Waals surface area contributed by atoms with Crippen molar-refractivity contribution in [2.75, 3.05) is 31.1 Å². The molecule has 2 heterocycles. The molecule has 2 aromatic rings. The first kappa shape index (κ1) is 17.3. The number of carbonyl (C=O) groups excluding carboxylic acids is 1. The zero-order valence-corrected chi connectivity index (χ0v) is 14.4. The molecule has 1 aliphatic heterocycles. The topological polar surface area (TPSA) is 62.2 Å². The van der Waals surface area contributed by atoms with Crippen LogP contribution < -0.4 is 15.5 Å². The van der Waals surface area contributed by atoms with Crippen LogP contribution in [0.15, 0.2) is 36.7 Å². The molecule has 0 aliphatic carbocycles. The van der Waals surface area contributed by atoms with Crippen molar-refractivity contribution in [1.82, 2.24) is 20.4 Å². The summed E-state index contributed by atoms with van der Waals surface area (Å²) in [6, 6.07) is 6.43. The minimum atomic E-state index is -0.218. The third kappa shape index (κ3) is 4.95. The number of urea groups is 1. The van der Waals surface area contributed by atoms with Gasteiger partial charge in [0.2, 0.25) is 0 Å². The Morgan fingerprint density at radius 1 is 1.32 bits per heavy atom. The van der Waals surface area contributed by atoms with Gasteiger partial charge in [0, 0.05) is 45.1 Å². The highest BCUT2D eigenvalue weighted by Gasteiger charge is 2.23. The third-order valence-corrected chi connectivity index (χ3v) is 4.49. The maximum absolute atomic E-state index is 13.0. The Labute approximate surface area is 147 Å². The molecule has 0 unspecified atom stereocenters. The summed E-state index contributed by atoms with van der Waals surface area (Å²) in [4.78, 5) is 14.1. The van der Waals surface area contributed by atoms with Gasteiger partial charge in [-0.3, -0.25) is 4.68 Å². The Hall–Kier alpha value is -2.57. The first-order chi connectivity index (χ1) is 12.1. The van der Waals surface area contributed by atoms with Crippen molar-refractivity contribution in [3.8, 4) is 0 Å². The average Bonchev–Trinajstić information content (AvgIpc) is 3.23. The van der Waals surface area contributed by atoms with Crippen molar-refractivity contribution < 1.29 is 9.18 Å². The minimum Gasteiger partial charge on any atom is -0.371 e. The lowest BCUT2D eigenvalue weighted by molar-refractivity contribution is 0.239. The maximum Gasteiger partial charge on any atom is 0.314 e. The number of aryl methyl sites for hydroxylation is 1. The number of rotatable bonds is 6. The Kier molecular flexibility index (Phi) is 5.53. The van der Waals surface area contributed by atoms with Crippen LogP contribution in [-0.2, 0) is 13.5 Å². The van der Waals surface area contributed by atoms with Gasteiger partial charge in [0.15, 0.2) is 0 Å².